The zero-order chi connectivity index (χ0) is 17.8. The van der Waals surface area contributed by atoms with Crippen molar-refractivity contribution in [1.82, 2.24) is 20.6 Å². The molecule has 1 saturated heterocycles. The molecule has 2 N–H and O–H groups in total. The van der Waals surface area contributed by atoms with E-state index in [1.807, 2.05) is 42.5 Å². The first-order chi connectivity index (χ1) is 12.8. The number of fused-ring (bicyclic) bond motifs is 1. The van der Waals surface area contributed by atoms with E-state index >= 15 is 0 Å². The third-order valence-corrected chi connectivity index (χ3v) is 4.94. The molecule has 1 aliphatic heterocycles. The third kappa shape index (κ3) is 4.98. The number of carbonyl (C=O) groups excluding carboxylic acids is 1. The highest BCUT2D eigenvalue weighted by molar-refractivity contribution is 6.07. The number of para-hydroxylation sites is 1. The molecule has 3 aromatic rings. The van der Waals surface area contributed by atoms with Crippen molar-refractivity contribution in [3.8, 4) is 11.3 Å². The minimum atomic E-state index is -0.0372. The fourth-order valence-corrected chi connectivity index (χ4v) is 3.48. The molecule has 5 nitrogen and oxygen atoms in total. The average Bonchev–Trinajstić information content (AvgIpc) is 3.21. The number of amides is 1. The van der Waals surface area contributed by atoms with Gasteiger partial charge in [-0.3, -0.25) is 9.78 Å². The molecule has 2 aromatic heterocycles. The van der Waals surface area contributed by atoms with Gasteiger partial charge in [-0.25, -0.2) is 4.98 Å². The molecular weight excluding hydrogens is 395 g/mol. The van der Waals surface area contributed by atoms with Crippen LogP contribution in [0.15, 0.2) is 54.9 Å². The largest absolute Gasteiger partial charge is 0.352 e. The lowest BCUT2D eigenvalue weighted by Crippen LogP contribution is -2.26. The van der Waals surface area contributed by atoms with E-state index in [4.69, 9.17) is 4.98 Å². The van der Waals surface area contributed by atoms with Crippen molar-refractivity contribution in [2.75, 3.05) is 19.6 Å². The van der Waals surface area contributed by atoms with Crippen molar-refractivity contribution in [2.24, 2.45) is 5.92 Å². The van der Waals surface area contributed by atoms with Crippen LogP contribution in [0, 0.1) is 5.92 Å². The quantitative estimate of drug-likeness (QED) is 0.659. The van der Waals surface area contributed by atoms with Crippen molar-refractivity contribution in [1.29, 1.82) is 0 Å². The molecule has 0 bridgehead atoms. The van der Waals surface area contributed by atoms with Gasteiger partial charge >= 0.3 is 0 Å². The van der Waals surface area contributed by atoms with Crippen LogP contribution < -0.4 is 10.6 Å². The molecule has 4 rings (SSSR count). The molecule has 0 spiro atoms. The first-order valence-electron chi connectivity index (χ1n) is 9.10. The van der Waals surface area contributed by atoms with Crippen LogP contribution in [0.3, 0.4) is 0 Å². The van der Waals surface area contributed by atoms with Gasteiger partial charge in [-0.2, -0.15) is 0 Å². The standard InChI is InChI=1S/C21H22N4O.2ClH/c26-21(24-12-6-15-5-9-23-14-15)18-13-20(16-7-10-22-11-8-16)25-19-4-2-1-3-17(18)19;;/h1-4,7-8,10-11,13,15,23H,5-6,9,12,14H2,(H,24,26);2*1H. The summed E-state index contributed by atoms with van der Waals surface area (Å²) in [7, 11) is 0. The summed E-state index contributed by atoms with van der Waals surface area (Å²) in [6.45, 7) is 2.84. The fourth-order valence-electron chi connectivity index (χ4n) is 3.48. The normalized spacial score (nSPS) is 15.5. The van der Waals surface area contributed by atoms with Crippen LogP contribution in [0.1, 0.15) is 23.2 Å². The van der Waals surface area contributed by atoms with Crippen LogP contribution in [0.4, 0.5) is 0 Å². The number of nitrogens with zero attached hydrogens (tertiary/aromatic N) is 2. The summed E-state index contributed by atoms with van der Waals surface area (Å²) < 4.78 is 0. The van der Waals surface area contributed by atoms with E-state index in [2.05, 4.69) is 15.6 Å². The Bertz CT molecular complexity index is 915. The van der Waals surface area contributed by atoms with Crippen molar-refractivity contribution in [2.45, 2.75) is 12.8 Å². The van der Waals surface area contributed by atoms with Gasteiger partial charge in [0.2, 0.25) is 0 Å². The molecular formula is C21H24Cl2N4O. The van der Waals surface area contributed by atoms with Gasteiger partial charge in [0.15, 0.2) is 0 Å². The Morgan fingerprint density at radius 2 is 1.93 bits per heavy atom. The summed E-state index contributed by atoms with van der Waals surface area (Å²) in [5, 5.41) is 7.34. The van der Waals surface area contributed by atoms with Gasteiger partial charge in [0.25, 0.3) is 5.91 Å². The van der Waals surface area contributed by atoms with Crippen LogP contribution in [-0.4, -0.2) is 35.5 Å². The van der Waals surface area contributed by atoms with Gasteiger partial charge in [0.05, 0.1) is 16.8 Å². The van der Waals surface area contributed by atoms with E-state index in [1.54, 1.807) is 12.4 Å². The minimum Gasteiger partial charge on any atom is -0.352 e. The van der Waals surface area contributed by atoms with Gasteiger partial charge in [0.1, 0.15) is 0 Å². The van der Waals surface area contributed by atoms with Crippen molar-refractivity contribution in [3.63, 3.8) is 0 Å². The van der Waals surface area contributed by atoms with Crippen LogP contribution in [0.25, 0.3) is 22.2 Å². The van der Waals surface area contributed by atoms with Crippen LogP contribution in [0.5, 0.6) is 0 Å². The molecule has 1 aliphatic rings. The van der Waals surface area contributed by atoms with Crippen LogP contribution in [-0.2, 0) is 0 Å². The monoisotopic (exact) mass is 418 g/mol. The molecule has 0 aliphatic carbocycles. The summed E-state index contributed by atoms with van der Waals surface area (Å²) in [6.07, 6.45) is 5.68. The number of halogens is 2. The van der Waals surface area contributed by atoms with Gasteiger partial charge in [-0.15, -0.1) is 24.8 Å². The highest BCUT2D eigenvalue weighted by Crippen LogP contribution is 2.24. The first-order valence-corrected chi connectivity index (χ1v) is 9.10. The van der Waals surface area contributed by atoms with Gasteiger partial charge < -0.3 is 10.6 Å². The lowest BCUT2D eigenvalue weighted by atomic mass is 10.0. The summed E-state index contributed by atoms with van der Waals surface area (Å²) in [6, 6.07) is 13.5. The smallest absolute Gasteiger partial charge is 0.252 e. The highest BCUT2D eigenvalue weighted by atomic mass is 35.5. The summed E-state index contributed by atoms with van der Waals surface area (Å²) >= 11 is 0. The number of pyridine rings is 2. The molecule has 0 radical (unpaired) electrons. The minimum absolute atomic E-state index is 0. The van der Waals surface area contributed by atoms with E-state index in [0.29, 0.717) is 18.0 Å². The molecule has 3 heterocycles. The molecule has 148 valence electrons. The molecule has 1 aromatic carbocycles. The van der Waals surface area contributed by atoms with Crippen LogP contribution >= 0.6 is 24.8 Å². The van der Waals surface area contributed by atoms with E-state index in [9.17, 15) is 4.79 Å². The summed E-state index contributed by atoms with van der Waals surface area (Å²) in [4.78, 5) is 21.6. The van der Waals surface area contributed by atoms with Gasteiger partial charge in [-0.1, -0.05) is 18.2 Å². The number of rotatable bonds is 5. The number of hydrogen-bond acceptors (Lipinski definition) is 4. The molecule has 1 atom stereocenters. The predicted molar refractivity (Wildman–Crippen MR) is 117 cm³/mol. The van der Waals surface area contributed by atoms with E-state index in [0.717, 1.165) is 41.7 Å². The zero-order valence-electron chi connectivity index (χ0n) is 15.4. The maximum Gasteiger partial charge on any atom is 0.252 e. The lowest BCUT2D eigenvalue weighted by molar-refractivity contribution is 0.0953. The Balaban J connectivity index is 0.00000140. The Kier molecular flexibility index (Phi) is 8.18. The molecule has 1 unspecified atom stereocenters. The Labute approximate surface area is 177 Å². The van der Waals surface area contributed by atoms with Crippen molar-refractivity contribution < 1.29 is 4.79 Å². The average molecular weight is 419 g/mol. The number of carbonyl (C=O) groups is 1. The molecule has 0 saturated carbocycles. The molecule has 1 amide bonds. The maximum atomic E-state index is 12.8. The summed E-state index contributed by atoms with van der Waals surface area (Å²) in [5.74, 6) is 0.627. The van der Waals surface area contributed by atoms with Crippen LogP contribution in [0.2, 0.25) is 0 Å². The number of benzene rings is 1. The van der Waals surface area contributed by atoms with Gasteiger partial charge in [0, 0.05) is 29.9 Å². The predicted octanol–water partition coefficient (Wildman–Crippen LogP) is 3.87. The molecule has 28 heavy (non-hydrogen) atoms. The lowest BCUT2D eigenvalue weighted by Gasteiger charge is -2.12. The number of hydrogen-bond donors (Lipinski definition) is 2. The van der Waals surface area contributed by atoms with Gasteiger partial charge in [-0.05, 0) is 56.1 Å². The SMILES string of the molecule is Cl.Cl.O=C(NCCC1CCNC1)c1cc(-c2ccncc2)nc2ccccc12. The number of aromatic nitrogens is 2. The topological polar surface area (TPSA) is 66.9 Å². The van der Waals surface area contributed by atoms with E-state index < -0.39 is 0 Å². The second kappa shape index (κ2) is 10.4. The fraction of sp³-hybridized carbons (Fsp3) is 0.286. The first kappa shape index (κ1) is 22.1. The second-order valence-electron chi connectivity index (χ2n) is 6.71. The Morgan fingerprint density at radius 1 is 1.14 bits per heavy atom. The van der Waals surface area contributed by atoms with E-state index in [-0.39, 0.29) is 30.7 Å². The molecule has 7 heteroatoms. The molecule has 1 fully saturated rings. The zero-order valence-corrected chi connectivity index (χ0v) is 17.1. The van der Waals surface area contributed by atoms with Crippen molar-refractivity contribution in [3.05, 3.63) is 60.4 Å². The third-order valence-electron chi connectivity index (χ3n) is 4.94. The van der Waals surface area contributed by atoms with E-state index in [1.165, 1.54) is 6.42 Å². The van der Waals surface area contributed by atoms with Crippen molar-refractivity contribution >= 4 is 41.6 Å². The Hall–Kier alpha value is -2.21. The maximum absolute atomic E-state index is 12.8. The summed E-state index contributed by atoms with van der Waals surface area (Å²) in [5.41, 5.74) is 3.24. The highest BCUT2D eigenvalue weighted by Gasteiger charge is 2.16. The number of nitrogens with one attached hydrogen (secondary N) is 2. The second-order valence-corrected chi connectivity index (χ2v) is 6.71. The Morgan fingerprint density at radius 3 is 2.68 bits per heavy atom.